The third kappa shape index (κ3) is 7.12. The van der Waals surface area contributed by atoms with E-state index in [2.05, 4.69) is 32.4 Å². The highest BCUT2D eigenvalue weighted by Gasteiger charge is 2.49. The molecule has 8 nitrogen and oxygen atoms in total. The first-order chi connectivity index (χ1) is 14.9. The van der Waals surface area contributed by atoms with Gasteiger partial charge in [-0.3, -0.25) is 0 Å². The Bertz CT molecular complexity index is 855. The van der Waals surface area contributed by atoms with Gasteiger partial charge in [0.15, 0.2) is 0 Å². The van der Waals surface area contributed by atoms with Gasteiger partial charge in [-0.2, -0.15) is 13.9 Å². The summed E-state index contributed by atoms with van der Waals surface area (Å²) in [6.45, 7) is 4.83. The molecule has 2 rings (SSSR count). The van der Waals surface area contributed by atoms with E-state index in [9.17, 15) is 14.0 Å². The summed E-state index contributed by atoms with van der Waals surface area (Å²) in [5.74, 6) is 6.18. The first-order valence-electron chi connectivity index (χ1n) is 10.7. The molecule has 2 N–H and O–H groups in total. The zero-order valence-electron chi connectivity index (χ0n) is 18.6. The van der Waals surface area contributed by atoms with E-state index < -0.39 is 6.08 Å². The van der Waals surface area contributed by atoms with Gasteiger partial charge in [0.05, 0.1) is 11.8 Å². The number of carbonyl (C=O) groups excluding carboxylic acids is 2. The molecule has 0 unspecified atom stereocenters. The zero-order valence-corrected chi connectivity index (χ0v) is 18.6. The molecule has 3 amide bonds. The first-order valence-corrected chi connectivity index (χ1v) is 10.7. The summed E-state index contributed by atoms with van der Waals surface area (Å²) in [5.41, 5.74) is 0.541. The van der Waals surface area contributed by atoms with Gasteiger partial charge in [-0.1, -0.05) is 24.8 Å². The molecule has 1 aliphatic rings. The number of carbonyl (C=O) groups is 2. The SMILES string of the molecule is CCCNc1nc(F)ncc1C#CCCCNC(=O)[N+]1(C(=O)/C=C/CN(C)C)CCC1. The van der Waals surface area contributed by atoms with Gasteiger partial charge in [0, 0.05) is 38.6 Å². The number of hydrogen-bond donors (Lipinski definition) is 2. The van der Waals surface area contributed by atoms with Crippen LogP contribution in [0.1, 0.15) is 38.2 Å². The second kappa shape index (κ2) is 12.1. The molecule has 1 fully saturated rings. The summed E-state index contributed by atoms with van der Waals surface area (Å²) < 4.78 is 13.1. The monoisotopic (exact) mass is 431 g/mol. The Balaban J connectivity index is 1.82. The minimum Gasteiger partial charge on any atom is -0.369 e. The van der Waals surface area contributed by atoms with E-state index in [4.69, 9.17) is 0 Å². The number of urea groups is 1. The maximum absolute atomic E-state index is 13.2. The summed E-state index contributed by atoms with van der Waals surface area (Å²) in [6.07, 6.45) is 6.80. The van der Waals surface area contributed by atoms with Crippen molar-refractivity contribution in [1.29, 1.82) is 0 Å². The zero-order chi connectivity index (χ0) is 22.7. The molecule has 1 aliphatic heterocycles. The van der Waals surface area contributed by atoms with Gasteiger partial charge < -0.3 is 15.5 Å². The molecule has 1 saturated heterocycles. The maximum Gasteiger partial charge on any atom is 0.424 e. The number of likely N-dealkylation sites (N-methyl/N-ethyl adjacent to an activating group) is 1. The van der Waals surface area contributed by atoms with Crippen molar-refractivity contribution in [2.75, 3.05) is 52.1 Å². The van der Waals surface area contributed by atoms with Gasteiger partial charge in [0.2, 0.25) is 0 Å². The number of amides is 3. The van der Waals surface area contributed by atoms with E-state index in [1.807, 2.05) is 25.9 Å². The summed E-state index contributed by atoms with van der Waals surface area (Å²) in [6, 6.07) is -0.253. The number of imide groups is 1. The van der Waals surface area contributed by atoms with Gasteiger partial charge in [-0.25, -0.2) is 14.6 Å². The molecule has 9 heteroatoms. The van der Waals surface area contributed by atoms with Crippen LogP contribution < -0.4 is 10.6 Å². The number of rotatable bonds is 9. The van der Waals surface area contributed by atoms with Crippen molar-refractivity contribution >= 4 is 17.8 Å². The molecule has 168 valence electrons. The molecule has 1 aromatic rings. The normalized spacial score (nSPS) is 14.6. The third-order valence-electron chi connectivity index (χ3n) is 4.90. The minimum absolute atomic E-state index is 0.158. The minimum atomic E-state index is -0.791. The van der Waals surface area contributed by atoms with Crippen LogP contribution in [0.2, 0.25) is 0 Å². The lowest BCUT2D eigenvalue weighted by Gasteiger charge is -2.38. The Labute approximate surface area is 183 Å². The number of quaternary nitrogens is 1. The predicted molar refractivity (Wildman–Crippen MR) is 118 cm³/mol. The molecule has 2 heterocycles. The molecule has 0 saturated carbocycles. The lowest BCUT2D eigenvalue weighted by Crippen LogP contribution is -2.67. The molecule has 0 spiro atoms. The van der Waals surface area contributed by atoms with E-state index >= 15 is 0 Å². The Hall–Kier alpha value is -2.83. The van der Waals surface area contributed by atoms with Crippen LogP contribution in [0.25, 0.3) is 0 Å². The molecule has 0 atom stereocenters. The van der Waals surface area contributed by atoms with Crippen molar-refractivity contribution in [3.05, 3.63) is 30.0 Å². The van der Waals surface area contributed by atoms with Crippen LogP contribution in [-0.4, -0.2) is 78.1 Å². The second-order valence-electron chi connectivity index (χ2n) is 7.74. The van der Waals surface area contributed by atoms with Crippen LogP contribution in [0, 0.1) is 17.9 Å². The van der Waals surface area contributed by atoms with Crippen LogP contribution in [0.15, 0.2) is 18.3 Å². The van der Waals surface area contributed by atoms with Crippen LogP contribution >= 0.6 is 0 Å². The second-order valence-corrected chi connectivity index (χ2v) is 7.74. The molecular weight excluding hydrogens is 399 g/mol. The fourth-order valence-corrected chi connectivity index (χ4v) is 3.02. The summed E-state index contributed by atoms with van der Waals surface area (Å²) in [4.78, 5) is 34.4. The standard InChI is InChI=1S/C22H31FN6O2/c1-4-12-24-20-18(17-26-21(23)27-20)10-6-5-7-13-25-22(31)29(15-9-16-29)19(30)11-8-14-28(2)3/h8,11,17H,4-5,7,9,12-16H2,1-3H3,(H-,24,25,26,27,31)/p+1/b11-8+. The number of halogens is 1. The molecular formula is C22H32FN6O2+. The fourth-order valence-electron chi connectivity index (χ4n) is 3.02. The number of hydrogen-bond acceptors (Lipinski definition) is 6. The number of anilines is 1. The molecule has 31 heavy (non-hydrogen) atoms. The predicted octanol–water partition coefficient (Wildman–Crippen LogP) is 2.14. The van der Waals surface area contributed by atoms with Crippen LogP contribution in [0.5, 0.6) is 0 Å². The maximum atomic E-state index is 13.2. The van der Waals surface area contributed by atoms with Crippen molar-refractivity contribution in [2.24, 2.45) is 0 Å². The van der Waals surface area contributed by atoms with E-state index in [-0.39, 0.29) is 16.4 Å². The smallest absolute Gasteiger partial charge is 0.369 e. The summed E-state index contributed by atoms with van der Waals surface area (Å²) >= 11 is 0. The number of likely N-dealkylation sites (tertiary alicyclic amines) is 1. The highest BCUT2D eigenvalue weighted by Crippen LogP contribution is 2.21. The van der Waals surface area contributed by atoms with Gasteiger partial charge in [-0.15, -0.1) is 0 Å². The van der Waals surface area contributed by atoms with E-state index in [1.54, 1.807) is 6.08 Å². The molecule has 0 radical (unpaired) electrons. The number of nitrogens with zero attached hydrogens (tertiary/aromatic N) is 4. The summed E-state index contributed by atoms with van der Waals surface area (Å²) in [5, 5.41) is 5.90. The van der Waals surface area contributed by atoms with E-state index in [0.717, 1.165) is 12.8 Å². The lowest BCUT2D eigenvalue weighted by molar-refractivity contribution is -0.813. The average molecular weight is 432 g/mol. The lowest BCUT2D eigenvalue weighted by atomic mass is 10.1. The van der Waals surface area contributed by atoms with Crippen molar-refractivity contribution < 1.29 is 18.5 Å². The molecule has 0 aliphatic carbocycles. The van der Waals surface area contributed by atoms with Crippen molar-refractivity contribution in [3.63, 3.8) is 0 Å². The number of aromatic nitrogens is 2. The first kappa shape index (κ1) is 24.4. The van der Waals surface area contributed by atoms with Gasteiger partial charge >= 0.3 is 18.0 Å². The Morgan fingerprint density at radius 2 is 2.10 bits per heavy atom. The molecule has 0 bridgehead atoms. The third-order valence-corrected chi connectivity index (χ3v) is 4.90. The van der Waals surface area contributed by atoms with Gasteiger partial charge in [0.25, 0.3) is 0 Å². The van der Waals surface area contributed by atoms with Gasteiger partial charge in [-0.05, 0) is 26.9 Å². The quantitative estimate of drug-likeness (QED) is 0.205. The topological polar surface area (TPSA) is 87.2 Å². The Morgan fingerprint density at radius 3 is 2.74 bits per heavy atom. The van der Waals surface area contributed by atoms with Crippen molar-refractivity contribution in [1.82, 2.24) is 20.2 Å². The van der Waals surface area contributed by atoms with Crippen LogP contribution in [0.3, 0.4) is 0 Å². The number of nitrogens with one attached hydrogen (secondary N) is 2. The number of unbranched alkanes of at least 4 members (excludes halogenated alkanes) is 1. The van der Waals surface area contributed by atoms with Crippen LogP contribution in [0.4, 0.5) is 15.0 Å². The molecule has 0 aromatic carbocycles. The van der Waals surface area contributed by atoms with E-state index in [0.29, 0.717) is 56.9 Å². The highest BCUT2D eigenvalue weighted by atomic mass is 19.1. The van der Waals surface area contributed by atoms with Crippen molar-refractivity contribution in [2.45, 2.75) is 32.6 Å². The summed E-state index contributed by atoms with van der Waals surface area (Å²) in [7, 11) is 3.84. The Kier molecular flexibility index (Phi) is 9.56. The van der Waals surface area contributed by atoms with Crippen LogP contribution in [-0.2, 0) is 4.79 Å². The van der Waals surface area contributed by atoms with Crippen molar-refractivity contribution in [3.8, 4) is 11.8 Å². The largest absolute Gasteiger partial charge is 0.424 e. The molecule has 1 aromatic heterocycles. The van der Waals surface area contributed by atoms with E-state index in [1.165, 1.54) is 12.3 Å². The highest BCUT2D eigenvalue weighted by molar-refractivity contribution is 5.91. The van der Waals surface area contributed by atoms with Gasteiger partial charge in [0.1, 0.15) is 18.9 Å². The fraction of sp³-hybridized carbons (Fsp3) is 0.545. The Morgan fingerprint density at radius 1 is 1.32 bits per heavy atom. The average Bonchev–Trinajstić information content (AvgIpc) is 2.69.